The molecule has 1 aromatic carbocycles. The summed E-state index contributed by atoms with van der Waals surface area (Å²) < 4.78 is 0. The predicted molar refractivity (Wildman–Crippen MR) is 76.3 cm³/mol. The van der Waals surface area contributed by atoms with Crippen molar-refractivity contribution in [1.29, 1.82) is 0 Å². The summed E-state index contributed by atoms with van der Waals surface area (Å²) in [4.78, 5) is 8.29. The number of halogens is 1. The van der Waals surface area contributed by atoms with Crippen LogP contribution in [0.4, 0.5) is 5.82 Å². The second-order valence-electron chi connectivity index (χ2n) is 4.60. The lowest BCUT2D eigenvalue weighted by atomic mass is 9.93. The Bertz CT molecular complexity index is 542. The van der Waals surface area contributed by atoms with E-state index in [-0.39, 0.29) is 6.61 Å². The third kappa shape index (κ3) is 3.22. The van der Waals surface area contributed by atoms with Gasteiger partial charge in [-0.25, -0.2) is 9.97 Å². The van der Waals surface area contributed by atoms with Gasteiger partial charge in [-0.3, -0.25) is 0 Å². The first kappa shape index (κ1) is 13.8. The number of anilines is 1. The quantitative estimate of drug-likeness (QED) is 0.844. The molecule has 0 amide bonds. The van der Waals surface area contributed by atoms with Crippen molar-refractivity contribution in [2.24, 2.45) is 0 Å². The summed E-state index contributed by atoms with van der Waals surface area (Å²) in [5.74, 6) is 1.18. The molecule has 2 aromatic rings. The number of nitrogens with one attached hydrogen (secondary N) is 1. The Morgan fingerprint density at radius 1 is 1.26 bits per heavy atom. The Morgan fingerprint density at radius 2 is 1.95 bits per heavy atom. The third-order valence-electron chi connectivity index (χ3n) is 2.94. The van der Waals surface area contributed by atoms with Crippen molar-refractivity contribution in [3.63, 3.8) is 0 Å². The number of benzene rings is 1. The average Bonchev–Trinajstić information content (AvgIpc) is 2.38. The molecule has 0 bridgehead atoms. The second kappa shape index (κ2) is 5.55. The highest BCUT2D eigenvalue weighted by Gasteiger charge is 2.26. The summed E-state index contributed by atoms with van der Waals surface area (Å²) in [7, 11) is 0. The molecule has 0 aliphatic carbocycles. The van der Waals surface area contributed by atoms with Crippen LogP contribution in [0.3, 0.4) is 0 Å². The molecule has 0 spiro atoms. The highest BCUT2D eigenvalue weighted by atomic mass is 35.5. The summed E-state index contributed by atoms with van der Waals surface area (Å²) in [5.41, 5.74) is 0.357. The first-order valence-electron chi connectivity index (χ1n) is 5.99. The summed E-state index contributed by atoms with van der Waals surface area (Å²) in [6.07, 6.45) is 0. The topological polar surface area (TPSA) is 58.0 Å². The number of hydrogen-bond acceptors (Lipinski definition) is 4. The Kier molecular flexibility index (Phi) is 4.02. The van der Waals surface area contributed by atoms with Gasteiger partial charge in [0, 0.05) is 6.07 Å². The zero-order chi connectivity index (χ0) is 13.9. The fraction of sp³-hybridized carbons (Fsp3) is 0.286. The molecule has 0 saturated heterocycles. The van der Waals surface area contributed by atoms with Gasteiger partial charge in [0.15, 0.2) is 0 Å². The maximum atomic E-state index is 9.70. The van der Waals surface area contributed by atoms with Crippen molar-refractivity contribution in [3.8, 4) is 0 Å². The van der Waals surface area contributed by atoms with Crippen LogP contribution in [0.2, 0.25) is 5.15 Å². The molecule has 5 heteroatoms. The fourth-order valence-electron chi connectivity index (χ4n) is 1.89. The smallest absolute Gasteiger partial charge is 0.134 e. The van der Waals surface area contributed by atoms with E-state index in [0.717, 1.165) is 5.56 Å². The monoisotopic (exact) mass is 277 g/mol. The molecule has 0 aliphatic rings. The van der Waals surface area contributed by atoms with Gasteiger partial charge in [-0.2, -0.15) is 0 Å². The van der Waals surface area contributed by atoms with Crippen LogP contribution in [0.5, 0.6) is 0 Å². The van der Waals surface area contributed by atoms with Crippen molar-refractivity contribution in [2.75, 3.05) is 11.9 Å². The number of aromatic nitrogens is 2. The van der Waals surface area contributed by atoms with E-state index in [9.17, 15) is 5.11 Å². The van der Waals surface area contributed by atoms with Crippen molar-refractivity contribution in [3.05, 3.63) is 52.9 Å². The molecule has 0 saturated carbocycles. The van der Waals surface area contributed by atoms with Gasteiger partial charge in [0.1, 0.15) is 16.8 Å². The van der Waals surface area contributed by atoms with E-state index in [1.807, 2.05) is 37.3 Å². The molecular weight excluding hydrogens is 262 g/mol. The average molecular weight is 278 g/mol. The van der Waals surface area contributed by atoms with E-state index < -0.39 is 5.54 Å². The van der Waals surface area contributed by atoms with E-state index in [1.54, 1.807) is 13.0 Å². The lowest BCUT2D eigenvalue weighted by Gasteiger charge is -2.30. The minimum atomic E-state index is -0.620. The van der Waals surface area contributed by atoms with Gasteiger partial charge in [-0.15, -0.1) is 0 Å². The number of aliphatic hydroxyl groups excluding tert-OH is 1. The standard InChI is InChI=1S/C14H16ClN3O/c1-10-16-12(15)8-13(17-10)18-14(2,9-19)11-6-4-3-5-7-11/h3-8,19H,9H2,1-2H3,(H,16,17,18). The van der Waals surface area contributed by atoms with Gasteiger partial charge in [0.2, 0.25) is 0 Å². The van der Waals surface area contributed by atoms with Crippen molar-refractivity contribution >= 4 is 17.4 Å². The number of aryl methyl sites for hydroxylation is 1. The molecule has 2 N–H and O–H groups in total. The normalized spacial score (nSPS) is 13.9. The first-order valence-corrected chi connectivity index (χ1v) is 6.37. The van der Waals surface area contributed by atoms with Crippen LogP contribution in [-0.4, -0.2) is 21.7 Å². The second-order valence-corrected chi connectivity index (χ2v) is 4.99. The van der Waals surface area contributed by atoms with Crippen molar-refractivity contribution in [2.45, 2.75) is 19.4 Å². The Morgan fingerprint density at radius 3 is 2.53 bits per heavy atom. The molecule has 0 fully saturated rings. The maximum absolute atomic E-state index is 9.70. The maximum Gasteiger partial charge on any atom is 0.134 e. The lowest BCUT2D eigenvalue weighted by Crippen LogP contribution is -2.36. The van der Waals surface area contributed by atoms with Crippen LogP contribution < -0.4 is 5.32 Å². The Hall–Kier alpha value is -1.65. The van der Waals surface area contributed by atoms with Gasteiger partial charge in [0.05, 0.1) is 12.1 Å². The summed E-state index contributed by atoms with van der Waals surface area (Å²) in [5, 5.41) is 13.3. The largest absolute Gasteiger partial charge is 0.394 e. The minimum Gasteiger partial charge on any atom is -0.394 e. The van der Waals surface area contributed by atoms with Crippen LogP contribution in [0.25, 0.3) is 0 Å². The molecule has 19 heavy (non-hydrogen) atoms. The summed E-state index contributed by atoms with van der Waals surface area (Å²) >= 11 is 5.91. The molecule has 100 valence electrons. The molecule has 1 heterocycles. The highest BCUT2D eigenvalue weighted by Crippen LogP contribution is 2.25. The molecule has 1 atom stereocenters. The van der Waals surface area contributed by atoms with Gasteiger partial charge >= 0.3 is 0 Å². The molecule has 1 unspecified atom stereocenters. The van der Waals surface area contributed by atoms with Crippen molar-refractivity contribution < 1.29 is 5.11 Å². The van der Waals surface area contributed by atoms with E-state index in [2.05, 4.69) is 15.3 Å². The summed E-state index contributed by atoms with van der Waals surface area (Å²) in [6.45, 7) is 3.63. The van der Waals surface area contributed by atoms with E-state index >= 15 is 0 Å². The zero-order valence-corrected chi connectivity index (χ0v) is 11.6. The molecule has 4 nitrogen and oxygen atoms in total. The predicted octanol–water partition coefficient (Wildman–Crippen LogP) is 2.76. The van der Waals surface area contributed by atoms with Crippen LogP contribution in [-0.2, 0) is 5.54 Å². The molecule has 0 aliphatic heterocycles. The van der Waals surface area contributed by atoms with Gasteiger partial charge in [0.25, 0.3) is 0 Å². The molecule has 2 rings (SSSR count). The van der Waals surface area contributed by atoms with Gasteiger partial charge in [-0.05, 0) is 19.4 Å². The number of rotatable bonds is 4. The number of nitrogens with zero attached hydrogens (tertiary/aromatic N) is 2. The molecule has 0 radical (unpaired) electrons. The zero-order valence-electron chi connectivity index (χ0n) is 10.9. The molecule has 1 aromatic heterocycles. The summed E-state index contributed by atoms with van der Waals surface area (Å²) in [6, 6.07) is 11.4. The van der Waals surface area contributed by atoms with Gasteiger partial charge < -0.3 is 10.4 Å². The lowest BCUT2D eigenvalue weighted by molar-refractivity contribution is 0.223. The van der Waals surface area contributed by atoms with Crippen LogP contribution in [0.15, 0.2) is 36.4 Å². The minimum absolute atomic E-state index is 0.0579. The van der Waals surface area contributed by atoms with E-state index in [4.69, 9.17) is 11.6 Å². The van der Waals surface area contributed by atoms with Crippen molar-refractivity contribution in [1.82, 2.24) is 9.97 Å². The Labute approximate surface area is 117 Å². The Balaban J connectivity index is 2.33. The SMILES string of the molecule is Cc1nc(Cl)cc(NC(C)(CO)c2ccccc2)n1. The van der Waals surface area contributed by atoms with Gasteiger partial charge in [-0.1, -0.05) is 41.9 Å². The number of aliphatic hydroxyl groups is 1. The highest BCUT2D eigenvalue weighted by molar-refractivity contribution is 6.29. The number of hydrogen-bond donors (Lipinski definition) is 2. The third-order valence-corrected chi connectivity index (χ3v) is 3.13. The fourth-order valence-corrected chi connectivity index (χ4v) is 2.11. The molecular formula is C14H16ClN3O. The van der Waals surface area contributed by atoms with Crippen LogP contribution in [0, 0.1) is 6.92 Å². The van der Waals surface area contributed by atoms with Crippen LogP contribution >= 0.6 is 11.6 Å². The van der Waals surface area contributed by atoms with E-state index in [1.165, 1.54) is 0 Å². The first-order chi connectivity index (χ1) is 9.03. The van der Waals surface area contributed by atoms with Crippen LogP contribution in [0.1, 0.15) is 18.3 Å². The van der Waals surface area contributed by atoms with E-state index in [0.29, 0.717) is 16.8 Å².